The lowest BCUT2D eigenvalue weighted by atomic mass is 9.51. The van der Waals surface area contributed by atoms with Crippen molar-refractivity contribution in [3.05, 3.63) is 33.9 Å². The number of carbonyl (C=O) groups is 1. The van der Waals surface area contributed by atoms with E-state index in [9.17, 15) is 14.9 Å². The zero-order valence-electron chi connectivity index (χ0n) is 14.4. The average molecular weight is 341 g/mol. The fraction of sp³-hybridized carbons (Fsp3) is 0.650. The van der Waals surface area contributed by atoms with E-state index < -0.39 is 10.7 Å². The van der Waals surface area contributed by atoms with Crippen LogP contribution >= 0.6 is 0 Å². The van der Waals surface area contributed by atoms with Crippen molar-refractivity contribution in [2.45, 2.75) is 51.0 Å². The number of hydrogen-bond donors (Lipinski definition) is 0. The third-order valence-corrected chi connectivity index (χ3v) is 7.53. The topological polar surface area (TPSA) is 69.4 Å². The van der Waals surface area contributed by atoms with Crippen LogP contribution in [-0.4, -0.2) is 16.5 Å². The number of ketones is 1. The first kappa shape index (κ1) is 16.4. The van der Waals surface area contributed by atoms with Gasteiger partial charge < -0.3 is 0 Å². The predicted octanol–water partition coefficient (Wildman–Crippen LogP) is 3.48. The molecule has 0 saturated heterocycles. The summed E-state index contributed by atoms with van der Waals surface area (Å²) in [5.41, 5.74) is -0.188. The second kappa shape index (κ2) is 5.45. The van der Waals surface area contributed by atoms with Gasteiger partial charge in [0.05, 0.1) is 0 Å². The fourth-order valence-electron chi connectivity index (χ4n) is 6.36. The van der Waals surface area contributed by atoms with Crippen LogP contribution in [0.25, 0.3) is 0 Å². The van der Waals surface area contributed by atoms with Crippen molar-refractivity contribution >= 4 is 5.78 Å². The normalized spacial score (nSPS) is 44.8. The molecule has 0 heterocycles. The van der Waals surface area contributed by atoms with Crippen LogP contribution < -0.4 is 0 Å². The number of rotatable bonds is 2. The van der Waals surface area contributed by atoms with Crippen molar-refractivity contribution in [1.82, 2.24) is 0 Å². The molecule has 4 aliphatic carbocycles. The number of terminal acetylenes is 1. The van der Waals surface area contributed by atoms with Crippen molar-refractivity contribution in [3.63, 3.8) is 0 Å². The number of allylic oxidation sites excluding steroid dienone is 4. The van der Waals surface area contributed by atoms with Crippen molar-refractivity contribution in [2.75, 3.05) is 0 Å². The Morgan fingerprint density at radius 3 is 2.84 bits per heavy atom. The first-order valence-electron chi connectivity index (χ1n) is 9.14. The second-order valence-corrected chi connectivity index (χ2v) is 8.26. The number of fused-ring (bicyclic) bond motifs is 5. The van der Waals surface area contributed by atoms with Crippen molar-refractivity contribution in [2.24, 2.45) is 29.1 Å². The zero-order valence-corrected chi connectivity index (χ0v) is 14.4. The van der Waals surface area contributed by atoms with Crippen LogP contribution in [0, 0.1) is 51.5 Å². The number of nitrogens with zero attached hydrogens (tertiary/aromatic N) is 1. The van der Waals surface area contributed by atoms with Crippen LogP contribution in [0.3, 0.4) is 0 Å². The third kappa shape index (κ3) is 2.19. The molecule has 132 valence electrons. The summed E-state index contributed by atoms with van der Waals surface area (Å²) in [6.45, 7) is 2.09. The van der Waals surface area contributed by atoms with Crippen LogP contribution in [0.1, 0.15) is 45.4 Å². The molecule has 3 fully saturated rings. The third-order valence-electron chi connectivity index (χ3n) is 7.53. The molecule has 0 radical (unpaired) electrons. The van der Waals surface area contributed by atoms with Gasteiger partial charge in [0.25, 0.3) is 5.09 Å². The fourth-order valence-corrected chi connectivity index (χ4v) is 6.36. The second-order valence-electron chi connectivity index (χ2n) is 8.26. The van der Waals surface area contributed by atoms with Crippen molar-refractivity contribution in [1.29, 1.82) is 0 Å². The number of hydrogen-bond acceptors (Lipinski definition) is 4. The van der Waals surface area contributed by atoms with E-state index in [0.29, 0.717) is 30.1 Å². The van der Waals surface area contributed by atoms with Crippen molar-refractivity contribution < 1.29 is 14.7 Å². The summed E-state index contributed by atoms with van der Waals surface area (Å²) in [5, 5.41) is 10.4. The maximum atomic E-state index is 11.7. The van der Waals surface area contributed by atoms with E-state index in [0.717, 1.165) is 32.1 Å². The van der Waals surface area contributed by atoms with Gasteiger partial charge in [-0.1, -0.05) is 24.5 Å². The highest BCUT2D eigenvalue weighted by molar-refractivity contribution is 6.00. The lowest BCUT2D eigenvalue weighted by molar-refractivity contribution is -0.781. The Bertz CT molecular complexity index is 732. The summed E-state index contributed by atoms with van der Waals surface area (Å²) in [5.74, 6) is 4.45. The Kier molecular flexibility index (Phi) is 3.57. The minimum Gasteiger partial charge on any atom is -0.294 e. The minimum absolute atomic E-state index is 0.0944. The largest absolute Gasteiger partial charge is 0.296 e. The van der Waals surface area contributed by atoms with Gasteiger partial charge in [0.2, 0.25) is 0 Å². The van der Waals surface area contributed by atoms with E-state index >= 15 is 0 Å². The molecule has 25 heavy (non-hydrogen) atoms. The Morgan fingerprint density at radius 2 is 2.12 bits per heavy atom. The number of carbonyl (C=O) groups excluding carboxylic acids is 1. The average Bonchev–Trinajstić information content (AvgIpc) is 2.87. The molecule has 0 aromatic carbocycles. The molecule has 0 N–H and O–H groups in total. The van der Waals surface area contributed by atoms with E-state index in [-0.39, 0.29) is 11.2 Å². The maximum Gasteiger partial charge on any atom is 0.296 e. The smallest absolute Gasteiger partial charge is 0.294 e. The summed E-state index contributed by atoms with van der Waals surface area (Å²) >= 11 is 0. The van der Waals surface area contributed by atoms with Gasteiger partial charge in [-0.3, -0.25) is 9.63 Å². The molecule has 5 heteroatoms. The molecule has 4 rings (SSSR count). The lowest BCUT2D eigenvalue weighted by Crippen LogP contribution is -2.53. The Hall–Kier alpha value is -2.09. The monoisotopic (exact) mass is 341 g/mol. The molecule has 0 bridgehead atoms. The summed E-state index contributed by atoms with van der Waals surface area (Å²) in [4.78, 5) is 27.9. The highest BCUT2D eigenvalue weighted by Gasteiger charge is 2.64. The summed E-state index contributed by atoms with van der Waals surface area (Å²) in [6, 6.07) is 0. The quantitative estimate of drug-likeness (QED) is 0.438. The van der Waals surface area contributed by atoms with Gasteiger partial charge in [-0.15, -0.1) is 16.5 Å². The molecular formula is C20H23NO4. The molecule has 5 nitrogen and oxygen atoms in total. The Morgan fingerprint density at radius 1 is 1.32 bits per heavy atom. The Balaban J connectivity index is 1.65. The van der Waals surface area contributed by atoms with E-state index in [4.69, 9.17) is 11.3 Å². The van der Waals surface area contributed by atoms with Gasteiger partial charge in [-0.2, -0.15) is 0 Å². The van der Waals surface area contributed by atoms with E-state index in [1.54, 1.807) is 6.08 Å². The molecule has 4 aliphatic rings. The molecule has 0 aromatic heterocycles. The summed E-state index contributed by atoms with van der Waals surface area (Å²) in [7, 11) is 0. The maximum absolute atomic E-state index is 11.7. The van der Waals surface area contributed by atoms with E-state index in [2.05, 4.69) is 18.9 Å². The molecule has 6 atom stereocenters. The predicted molar refractivity (Wildman–Crippen MR) is 91.6 cm³/mol. The van der Waals surface area contributed by atoms with Crippen molar-refractivity contribution in [3.8, 4) is 12.3 Å². The first-order chi connectivity index (χ1) is 11.9. The van der Waals surface area contributed by atoms with Crippen LogP contribution in [0.4, 0.5) is 0 Å². The molecule has 3 saturated carbocycles. The molecule has 0 amide bonds. The van der Waals surface area contributed by atoms with Gasteiger partial charge in [-0.05, 0) is 68.4 Å². The van der Waals surface area contributed by atoms with E-state index in [1.807, 2.05) is 6.08 Å². The first-order valence-corrected chi connectivity index (χ1v) is 9.14. The molecular weight excluding hydrogens is 318 g/mol. The Labute approximate surface area is 147 Å². The van der Waals surface area contributed by atoms with Gasteiger partial charge in [0.1, 0.15) is 0 Å². The lowest BCUT2D eigenvalue weighted by Gasteiger charge is -2.54. The SMILES string of the molecule is C#C[C@]1(O[N+](=O)[O-])CC[C@H]2[C@@H]3CCC4=CC(=O)C=C[C@@H]4[C@H]3CC[C@@]21C. The van der Waals surface area contributed by atoms with Crippen LogP contribution in [0.15, 0.2) is 23.8 Å². The van der Waals surface area contributed by atoms with Gasteiger partial charge >= 0.3 is 0 Å². The highest BCUT2D eigenvalue weighted by atomic mass is 17.0. The van der Waals surface area contributed by atoms with Gasteiger partial charge in [0, 0.05) is 11.3 Å². The molecule has 0 spiro atoms. The molecule has 0 aromatic rings. The van der Waals surface area contributed by atoms with Gasteiger partial charge in [-0.25, -0.2) is 0 Å². The van der Waals surface area contributed by atoms with Crippen LogP contribution in [-0.2, 0) is 9.63 Å². The van der Waals surface area contributed by atoms with Crippen LogP contribution in [0.2, 0.25) is 0 Å². The highest BCUT2D eigenvalue weighted by Crippen LogP contribution is 2.65. The van der Waals surface area contributed by atoms with Gasteiger partial charge in [0.15, 0.2) is 11.4 Å². The van der Waals surface area contributed by atoms with Crippen LogP contribution in [0.5, 0.6) is 0 Å². The standard InChI is InChI=1S/C20H23NO4/c1-3-20(25-21(23)24)11-9-18-17-6-4-13-12-14(22)5-7-15(13)16(17)8-10-19(18,20)2/h1,5,7,12,15-18H,4,6,8-11H2,2H3/t15-,16+,17+,18-,19-,20-/m0/s1. The minimum atomic E-state index is -1.10. The zero-order chi connectivity index (χ0) is 17.8. The molecule has 0 aliphatic heterocycles. The summed E-state index contributed by atoms with van der Waals surface area (Å²) in [6.07, 6.45) is 16.6. The summed E-state index contributed by atoms with van der Waals surface area (Å²) < 4.78 is 0. The molecule has 0 unspecified atom stereocenters. The van der Waals surface area contributed by atoms with E-state index in [1.165, 1.54) is 5.57 Å².